The lowest BCUT2D eigenvalue weighted by molar-refractivity contribution is -0.137. The highest BCUT2D eigenvalue weighted by Gasteiger charge is 2.45. The minimum Gasteiger partial charge on any atom is -0.376 e. The maximum absolute atomic E-state index is 14.5. The number of fused-ring (bicyclic) bond motifs is 1. The van der Waals surface area contributed by atoms with Gasteiger partial charge in [0.15, 0.2) is 5.65 Å². The molecule has 10 heteroatoms. The van der Waals surface area contributed by atoms with Crippen LogP contribution < -0.4 is 5.32 Å². The molecular formula is C18H14F4N4O2. The van der Waals surface area contributed by atoms with E-state index in [1.807, 2.05) is 6.92 Å². The summed E-state index contributed by atoms with van der Waals surface area (Å²) in [4.78, 5) is 16.9. The summed E-state index contributed by atoms with van der Waals surface area (Å²) in [5.74, 6) is -1.64. The predicted molar refractivity (Wildman–Crippen MR) is 89.1 cm³/mol. The van der Waals surface area contributed by atoms with Crippen LogP contribution in [0.3, 0.4) is 0 Å². The number of halogens is 4. The predicted octanol–water partition coefficient (Wildman–Crippen LogP) is 2.85. The van der Waals surface area contributed by atoms with Gasteiger partial charge < -0.3 is 10.1 Å². The van der Waals surface area contributed by atoms with Gasteiger partial charge in [-0.1, -0.05) is 6.07 Å². The van der Waals surface area contributed by atoms with Crippen LogP contribution in [0.4, 0.5) is 17.6 Å². The molecule has 1 aliphatic rings. The van der Waals surface area contributed by atoms with Crippen LogP contribution in [0.15, 0.2) is 36.8 Å². The minimum atomic E-state index is -4.66. The maximum Gasteiger partial charge on any atom is 0.416 e. The van der Waals surface area contributed by atoms with Crippen molar-refractivity contribution in [1.29, 1.82) is 0 Å². The van der Waals surface area contributed by atoms with Gasteiger partial charge in [0.2, 0.25) is 0 Å². The first-order valence-corrected chi connectivity index (χ1v) is 8.27. The number of hydrogen-bond donors (Lipinski definition) is 1. The van der Waals surface area contributed by atoms with Crippen molar-refractivity contribution < 1.29 is 27.1 Å². The molecule has 4 rings (SSSR count). The van der Waals surface area contributed by atoms with Gasteiger partial charge in [-0.15, -0.1) is 0 Å². The van der Waals surface area contributed by atoms with Crippen LogP contribution in [0, 0.1) is 12.7 Å². The first-order chi connectivity index (χ1) is 13.2. The van der Waals surface area contributed by atoms with Gasteiger partial charge in [0.1, 0.15) is 16.9 Å². The monoisotopic (exact) mass is 394 g/mol. The molecule has 3 heterocycles. The number of nitrogens with zero attached hydrogens (tertiary/aromatic N) is 3. The Balaban J connectivity index is 1.66. The number of hydrogen-bond acceptors (Lipinski definition) is 4. The molecule has 146 valence electrons. The first-order valence-electron chi connectivity index (χ1n) is 8.27. The van der Waals surface area contributed by atoms with E-state index in [2.05, 4.69) is 15.4 Å². The van der Waals surface area contributed by atoms with E-state index in [0.717, 1.165) is 17.7 Å². The van der Waals surface area contributed by atoms with Gasteiger partial charge in [-0.3, -0.25) is 4.79 Å². The summed E-state index contributed by atoms with van der Waals surface area (Å²) in [5.41, 5.74) is -1.11. The molecule has 1 N–H and O–H groups in total. The molecule has 1 aromatic carbocycles. The van der Waals surface area contributed by atoms with E-state index >= 15 is 0 Å². The second-order valence-electron chi connectivity index (χ2n) is 6.68. The number of benzene rings is 1. The zero-order chi connectivity index (χ0) is 20.1. The van der Waals surface area contributed by atoms with Crippen molar-refractivity contribution in [1.82, 2.24) is 19.9 Å². The van der Waals surface area contributed by atoms with E-state index < -0.39 is 29.0 Å². The van der Waals surface area contributed by atoms with Gasteiger partial charge in [0.25, 0.3) is 5.91 Å². The van der Waals surface area contributed by atoms with E-state index in [1.165, 1.54) is 10.7 Å². The Morgan fingerprint density at radius 1 is 1.29 bits per heavy atom. The van der Waals surface area contributed by atoms with E-state index in [0.29, 0.717) is 11.7 Å². The van der Waals surface area contributed by atoms with Crippen LogP contribution in [0.1, 0.15) is 27.0 Å². The Bertz CT molecular complexity index is 1070. The highest BCUT2D eigenvalue weighted by molar-refractivity contribution is 6.00. The fourth-order valence-electron chi connectivity index (χ4n) is 3.09. The van der Waals surface area contributed by atoms with Crippen molar-refractivity contribution in [2.75, 3.05) is 13.2 Å². The van der Waals surface area contributed by atoms with Crippen LogP contribution in [0.2, 0.25) is 0 Å². The number of alkyl halides is 3. The summed E-state index contributed by atoms with van der Waals surface area (Å²) >= 11 is 0. The molecule has 0 radical (unpaired) electrons. The van der Waals surface area contributed by atoms with Crippen LogP contribution in [0.5, 0.6) is 0 Å². The average molecular weight is 394 g/mol. The van der Waals surface area contributed by atoms with Crippen molar-refractivity contribution in [2.45, 2.75) is 18.6 Å². The van der Waals surface area contributed by atoms with Crippen molar-refractivity contribution in [3.05, 3.63) is 64.9 Å². The lowest BCUT2D eigenvalue weighted by Crippen LogP contribution is -2.59. The van der Waals surface area contributed by atoms with Crippen molar-refractivity contribution in [3.63, 3.8) is 0 Å². The molecule has 1 fully saturated rings. The van der Waals surface area contributed by atoms with Crippen molar-refractivity contribution in [2.24, 2.45) is 0 Å². The van der Waals surface area contributed by atoms with E-state index in [4.69, 9.17) is 4.74 Å². The summed E-state index contributed by atoms with van der Waals surface area (Å²) in [5, 5.41) is 6.74. The van der Waals surface area contributed by atoms with E-state index in [9.17, 15) is 22.4 Å². The summed E-state index contributed by atoms with van der Waals surface area (Å²) in [6.07, 6.45) is -0.0668. The second kappa shape index (κ2) is 6.26. The van der Waals surface area contributed by atoms with Gasteiger partial charge in [0, 0.05) is 18.0 Å². The SMILES string of the molecule is Cc1cnc2c(C(=O)NC3(c4ccc(C(F)(F)F)cc4F)COC3)cnn2c1. The number of ether oxygens (including phenoxy) is 1. The summed E-state index contributed by atoms with van der Waals surface area (Å²) in [6, 6.07) is 2.23. The molecule has 28 heavy (non-hydrogen) atoms. The van der Waals surface area contributed by atoms with Gasteiger partial charge in [0.05, 0.1) is 25.0 Å². The Morgan fingerprint density at radius 3 is 2.64 bits per heavy atom. The Kier molecular flexibility index (Phi) is 4.11. The largest absolute Gasteiger partial charge is 0.416 e. The zero-order valence-electron chi connectivity index (χ0n) is 14.5. The van der Waals surface area contributed by atoms with Gasteiger partial charge in [-0.25, -0.2) is 13.9 Å². The fourth-order valence-corrected chi connectivity index (χ4v) is 3.09. The third-order valence-corrected chi connectivity index (χ3v) is 4.59. The molecule has 0 saturated carbocycles. The van der Waals surface area contributed by atoms with Crippen LogP contribution in [-0.4, -0.2) is 33.7 Å². The molecule has 0 bridgehead atoms. The average Bonchev–Trinajstić information content (AvgIpc) is 3.00. The number of rotatable bonds is 3. The lowest BCUT2D eigenvalue weighted by Gasteiger charge is -2.42. The molecule has 2 aromatic heterocycles. The first kappa shape index (κ1) is 18.4. The van der Waals surface area contributed by atoms with Gasteiger partial charge >= 0.3 is 6.18 Å². The molecule has 6 nitrogen and oxygen atoms in total. The van der Waals surface area contributed by atoms with Gasteiger partial charge in [-0.2, -0.15) is 18.3 Å². The normalized spacial score (nSPS) is 16.0. The summed E-state index contributed by atoms with van der Waals surface area (Å²) in [7, 11) is 0. The topological polar surface area (TPSA) is 68.5 Å². The number of nitrogens with one attached hydrogen (secondary N) is 1. The zero-order valence-corrected chi connectivity index (χ0v) is 14.5. The van der Waals surface area contributed by atoms with E-state index in [1.54, 1.807) is 12.4 Å². The number of carbonyl (C=O) groups is 1. The third kappa shape index (κ3) is 2.99. The number of aryl methyl sites for hydroxylation is 1. The van der Waals surface area contributed by atoms with Crippen LogP contribution >= 0.6 is 0 Å². The number of aromatic nitrogens is 3. The van der Waals surface area contributed by atoms with E-state index in [-0.39, 0.29) is 24.3 Å². The van der Waals surface area contributed by atoms with Gasteiger partial charge in [-0.05, 0) is 24.6 Å². The Labute approximate surface area is 156 Å². The molecule has 0 aliphatic carbocycles. The lowest BCUT2D eigenvalue weighted by atomic mass is 9.86. The highest BCUT2D eigenvalue weighted by atomic mass is 19.4. The van der Waals surface area contributed by atoms with Crippen LogP contribution in [0.25, 0.3) is 5.65 Å². The Hall–Kier alpha value is -3.01. The molecule has 0 atom stereocenters. The quantitative estimate of drug-likeness (QED) is 0.694. The molecular weight excluding hydrogens is 380 g/mol. The molecule has 0 unspecified atom stereocenters. The standard InChI is InChI=1S/C18H14F4N4O2/c1-10-5-23-15-12(6-24-26(15)7-10)16(27)25-17(8-28-9-17)13-3-2-11(4-14(13)19)18(20,21)22/h2-7H,8-9H2,1H3,(H,25,27). The minimum absolute atomic E-state index is 0.0627. The smallest absolute Gasteiger partial charge is 0.376 e. The van der Waals surface area contributed by atoms with Crippen molar-refractivity contribution >= 4 is 11.6 Å². The number of amides is 1. The number of carbonyl (C=O) groups excluding carboxylic acids is 1. The second-order valence-corrected chi connectivity index (χ2v) is 6.68. The maximum atomic E-state index is 14.5. The fraction of sp³-hybridized carbons (Fsp3) is 0.278. The molecule has 1 aliphatic heterocycles. The third-order valence-electron chi connectivity index (χ3n) is 4.59. The molecule has 3 aromatic rings. The van der Waals surface area contributed by atoms with Crippen molar-refractivity contribution in [3.8, 4) is 0 Å². The summed E-state index contributed by atoms with van der Waals surface area (Å²) < 4.78 is 59.4. The Morgan fingerprint density at radius 2 is 2.04 bits per heavy atom. The molecule has 1 saturated heterocycles. The molecule has 0 spiro atoms. The van der Waals surface area contributed by atoms with Crippen LogP contribution in [-0.2, 0) is 16.5 Å². The highest BCUT2D eigenvalue weighted by Crippen LogP contribution is 2.36. The summed E-state index contributed by atoms with van der Waals surface area (Å²) in [6.45, 7) is 1.70. The molecule has 1 amide bonds.